The van der Waals surface area contributed by atoms with E-state index in [1.165, 1.54) is 41.6 Å². The highest BCUT2D eigenvalue weighted by atomic mass is 15.3. The summed E-state index contributed by atoms with van der Waals surface area (Å²) in [4.78, 5) is 0. The van der Waals surface area contributed by atoms with Gasteiger partial charge in [0.2, 0.25) is 0 Å². The lowest BCUT2D eigenvalue weighted by Gasteiger charge is -2.24. The summed E-state index contributed by atoms with van der Waals surface area (Å²) >= 11 is 0. The number of nitrogens with one attached hydrogen (secondary N) is 1. The summed E-state index contributed by atoms with van der Waals surface area (Å²) in [7, 11) is 2.05. The first-order valence-corrected chi connectivity index (χ1v) is 7.54. The summed E-state index contributed by atoms with van der Waals surface area (Å²) in [6.07, 6.45) is 6.79. The van der Waals surface area contributed by atoms with E-state index in [4.69, 9.17) is 0 Å². The van der Waals surface area contributed by atoms with Gasteiger partial charge in [0.25, 0.3) is 0 Å². The van der Waals surface area contributed by atoms with Gasteiger partial charge < -0.3 is 5.32 Å². The van der Waals surface area contributed by atoms with Crippen LogP contribution in [0.1, 0.15) is 41.3 Å². The van der Waals surface area contributed by atoms with Crippen LogP contribution >= 0.6 is 0 Å². The average Bonchev–Trinajstić information content (AvgIpc) is 2.82. The Bertz CT molecular complexity index is 586. The highest BCUT2D eigenvalue weighted by Crippen LogP contribution is 2.28. The van der Waals surface area contributed by atoms with Crippen LogP contribution in [0, 0.1) is 6.92 Å². The first-order valence-electron chi connectivity index (χ1n) is 7.54. The van der Waals surface area contributed by atoms with Crippen LogP contribution in [0.2, 0.25) is 0 Å². The molecule has 1 atom stereocenters. The topological polar surface area (TPSA) is 29.9 Å². The van der Waals surface area contributed by atoms with E-state index in [-0.39, 0.29) is 0 Å². The van der Waals surface area contributed by atoms with E-state index in [1.807, 2.05) is 17.9 Å². The quantitative estimate of drug-likeness (QED) is 0.925. The van der Waals surface area contributed by atoms with Crippen LogP contribution in [-0.4, -0.2) is 16.3 Å². The fraction of sp³-hybridized carbons (Fsp3) is 0.471. The Morgan fingerprint density at radius 2 is 2.30 bits per heavy atom. The standard InChI is InChI=1S/C17H23N3/c1-13-5-3-6-14(11-13)9-10-18-16-7-4-8-17-15(16)12-19-20(17)2/h3,5-6,11-12,16,18H,4,7-10H2,1-2H3. The molecule has 0 radical (unpaired) electrons. The van der Waals surface area contributed by atoms with Crippen LogP contribution in [0.5, 0.6) is 0 Å². The maximum Gasteiger partial charge on any atom is 0.0540 e. The van der Waals surface area contributed by atoms with Gasteiger partial charge in [-0.25, -0.2) is 0 Å². The van der Waals surface area contributed by atoms with Gasteiger partial charge in [-0.2, -0.15) is 5.10 Å². The molecular formula is C17H23N3. The second kappa shape index (κ2) is 5.80. The number of aryl methyl sites for hydroxylation is 2. The molecule has 3 rings (SSSR count). The molecule has 1 aromatic heterocycles. The van der Waals surface area contributed by atoms with Crippen LogP contribution in [0.25, 0.3) is 0 Å². The molecule has 0 amide bonds. The molecular weight excluding hydrogens is 246 g/mol. The van der Waals surface area contributed by atoms with Crippen LogP contribution in [0.4, 0.5) is 0 Å². The first kappa shape index (κ1) is 13.4. The molecule has 1 aliphatic rings. The van der Waals surface area contributed by atoms with E-state index in [9.17, 15) is 0 Å². The Morgan fingerprint density at radius 3 is 3.15 bits per heavy atom. The monoisotopic (exact) mass is 269 g/mol. The highest BCUT2D eigenvalue weighted by molar-refractivity contribution is 5.25. The minimum atomic E-state index is 0.484. The number of fused-ring (bicyclic) bond motifs is 1. The van der Waals surface area contributed by atoms with Gasteiger partial charge in [-0.05, 0) is 44.7 Å². The molecule has 0 saturated heterocycles. The Labute approximate surface area is 121 Å². The van der Waals surface area contributed by atoms with Gasteiger partial charge in [0.1, 0.15) is 0 Å². The summed E-state index contributed by atoms with van der Waals surface area (Å²) in [6.45, 7) is 3.18. The molecule has 1 N–H and O–H groups in total. The SMILES string of the molecule is Cc1cccc(CCNC2CCCc3c2cnn3C)c1. The largest absolute Gasteiger partial charge is 0.309 e. The Kier molecular flexibility index (Phi) is 3.88. The van der Waals surface area contributed by atoms with Crippen molar-refractivity contribution in [3.63, 3.8) is 0 Å². The van der Waals surface area contributed by atoms with Crippen molar-refractivity contribution in [2.75, 3.05) is 6.54 Å². The molecule has 0 spiro atoms. The highest BCUT2D eigenvalue weighted by Gasteiger charge is 2.22. The summed E-state index contributed by atoms with van der Waals surface area (Å²) in [5.74, 6) is 0. The maximum atomic E-state index is 4.40. The van der Waals surface area contributed by atoms with E-state index in [2.05, 4.69) is 41.6 Å². The summed E-state index contributed by atoms with van der Waals surface area (Å²) in [6, 6.07) is 9.27. The second-order valence-corrected chi connectivity index (χ2v) is 5.81. The van der Waals surface area contributed by atoms with Crippen molar-refractivity contribution in [1.82, 2.24) is 15.1 Å². The van der Waals surface area contributed by atoms with Crippen molar-refractivity contribution < 1.29 is 0 Å². The molecule has 106 valence electrons. The summed E-state index contributed by atoms with van der Waals surface area (Å²) < 4.78 is 2.03. The summed E-state index contributed by atoms with van der Waals surface area (Å²) in [5, 5.41) is 8.11. The van der Waals surface area contributed by atoms with E-state index < -0.39 is 0 Å². The smallest absolute Gasteiger partial charge is 0.0540 e. The number of hydrogen-bond acceptors (Lipinski definition) is 2. The van der Waals surface area contributed by atoms with E-state index in [0.717, 1.165) is 13.0 Å². The molecule has 0 fully saturated rings. The molecule has 1 aromatic carbocycles. The minimum Gasteiger partial charge on any atom is -0.309 e. The van der Waals surface area contributed by atoms with E-state index in [1.54, 1.807) is 0 Å². The lowest BCUT2D eigenvalue weighted by Crippen LogP contribution is -2.27. The lowest BCUT2D eigenvalue weighted by atomic mass is 9.93. The molecule has 2 aromatic rings. The molecule has 20 heavy (non-hydrogen) atoms. The third-order valence-corrected chi connectivity index (χ3v) is 4.26. The fourth-order valence-electron chi connectivity index (χ4n) is 3.18. The van der Waals surface area contributed by atoms with Gasteiger partial charge in [-0.3, -0.25) is 4.68 Å². The van der Waals surface area contributed by atoms with Crippen molar-refractivity contribution in [3.8, 4) is 0 Å². The predicted octanol–water partition coefficient (Wildman–Crippen LogP) is 2.94. The molecule has 0 aliphatic heterocycles. The van der Waals surface area contributed by atoms with Crippen LogP contribution in [-0.2, 0) is 19.9 Å². The second-order valence-electron chi connectivity index (χ2n) is 5.81. The fourth-order valence-corrected chi connectivity index (χ4v) is 3.18. The first-order chi connectivity index (χ1) is 9.74. The molecule has 0 bridgehead atoms. The number of nitrogens with zero attached hydrogens (tertiary/aromatic N) is 2. The average molecular weight is 269 g/mol. The van der Waals surface area contributed by atoms with E-state index in [0.29, 0.717) is 6.04 Å². The van der Waals surface area contributed by atoms with Crippen molar-refractivity contribution in [2.24, 2.45) is 7.05 Å². The molecule has 3 nitrogen and oxygen atoms in total. The van der Waals surface area contributed by atoms with Crippen molar-refractivity contribution in [2.45, 2.75) is 38.6 Å². The molecule has 3 heteroatoms. The van der Waals surface area contributed by atoms with Gasteiger partial charge in [0.15, 0.2) is 0 Å². The summed E-state index contributed by atoms with van der Waals surface area (Å²) in [5.41, 5.74) is 5.57. The van der Waals surface area contributed by atoms with Gasteiger partial charge in [0, 0.05) is 24.3 Å². The molecule has 1 aliphatic carbocycles. The van der Waals surface area contributed by atoms with Crippen molar-refractivity contribution in [1.29, 1.82) is 0 Å². The lowest BCUT2D eigenvalue weighted by molar-refractivity contribution is 0.455. The zero-order chi connectivity index (χ0) is 13.9. The number of hydrogen-bond donors (Lipinski definition) is 1. The third kappa shape index (κ3) is 2.78. The Morgan fingerprint density at radius 1 is 1.40 bits per heavy atom. The van der Waals surface area contributed by atoms with Crippen LogP contribution in [0.3, 0.4) is 0 Å². The number of rotatable bonds is 4. The van der Waals surface area contributed by atoms with Crippen LogP contribution < -0.4 is 5.32 Å². The molecule has 1 unspecified atom stereocenters. The number of benzene rings is 1. The molecule has 0 saturated carbocycles. The zero-order valence-electron chi connectivity index (χ0n) is 12.4. The minimum absolute atomic E-state index is 0.484. The Hall–Kier alpha value is -1.61. The third-order valence-electron chi connectivity index (χ3n) is 4.26. The predicted molar refractivity (Wildman–Crippen MR) is 81.8 cm³/mol. The van der Waals surface area contributed by atoms with Gasteiger partial charge >= 0.3 is 0 Å². The van der Waals surface area contributed by atoms with Gasteiger partial charge in [0.05, 0.1) is 6.20 Å². The molecule has 1 heterocycles. The number of aromatic nitrogens is 2. The van der Waals surface area contributed by atoms with Crippen LogP contribution in [0.15, 0.2) is 30.5 Å². The zero-order valence-corrected chi connectivity index (χ0v) is 12.4. The van der Waals surface area contributed by atoms with Crippen molar-refractivity contribution in [3.05, 3.63) is 52.8 Å². The maximum absolute atomic E-state index is 4.40. The van der Waals surface area contributed by atoms with E-state index >= 15 is 0 Å². The van der Waals surface area contributed by atoms with Gasteiger partial charge in [-0.1, -0.05) is 29.8 Å². The normalized spacial score (nSPS) is 18.0. The Balaban J connectivity index is 1.60. The van der Waals surface area contributed by atoms with Gasteiger partial charge in [-0.15, -0.1) is 0 Å². The van der Waals surface area contributed by atoms with Crippen molar-refractivity contribution >= 4 is 0 Å².